The highest BCUT2D eigenvalue weighted by molar-refractivity contribution is 5.70. The van der Waals surface area contributed by atoms with E-state index >= 15 is 0 Å². The summed E-state index contributed by atoms with van der Waals surface area (Å²) in [6.07, 6.45) is 2.95. The Labute approximate surface area is 98.1 Å². The van der Waals surface area contributed by atoms with E-state index in [4.69, 9.17) is 4.74 Å². The van der Waals surface area contributed by atoms with Crippen molar-refractivity contribution in [2.45, 2.75) is 40.0 Å². The van der Waals surface area contributed by atoms with E-state index in [2.05, 4.69) is 20.4 Å². The van der Waals surface area contributed by atoms with Crippen LogP contribution in [0.5, 0.6) is 0 Å². The minimum absolute atomic E-state index is 0.0623. The van der Waals surface area contributed by atoms with Crippen LogP contribution < -0.4 is 0 Å². The van der Waals surface area contributed by atoms with Crippen LogP contribution in [0.3, 0.4) is 0 Å². The highest BCUT2D eigenvalue weighted by Gasteiger charge is 2.54. The lowest BCUT2D eigenvalue weighted by Gasteiger charge is -2.60. The third-order valence-electron chi connectivity index (χ3n) is 4.73. The molecule has 0 N–H and O–H groups in total. The van der Waals surface area contributed by atoms with Crippen LogP contribution in [0.15, 0.2) is 12.2 Å². The van der Waals surface area contributed by atoms with Crippen LogP contribution in [0.1, 0.15) is 40.0 Å². The second-order valence-electron chi connectivity index (χ2n) is 5.82. The van der Waals surface area contributed by atoms with E-state index in [1.807, 2.05) is 6.92 Å². The molecule has 3 atom stereocenters. The van der Waals surface area contributed by atoms with Crippen LogP contribution in [-0.2, 0) is 9.53 Å². The third kappa shape index (κ3) is 1.68. The molecule has 16 heavy (non-hydrogen) atoms. The van der Waals surface area contributed by atoms with Gasteiger partial charge in [0, 0.05) is 0 Å². The molecule has 0 spiro atoms. The lowest BCUT2D eigenvalue weighted by atomic mass is 9.45. The van der Waals surface area contributed by atoms with Gasteiger partial charge in [0.05, 0.1) is 13.0 Å². The Balaban J connectivity index is 1.96. The van der Waals surface area contributed by atoms with Gasteiger partial charge in [-0.1, -0.05) is 26.0 Å². The highest BCUT2D eigenvalue weighted by atomic mass is 16.5. The first kappa shape index (κ1) is 11.7. The van der Waals surface area contributed by atoms with Crippen LogP contribution in [0.4, 0.5) is 0 Å². The topological polar surface area (TPSA) is 26.3 Å². The molecule has 0 amide bonds. The minimum Gasteiger partial charge on any atom is -0.466 e. The molecule has 3 aliphatic carbocycles. The molecule has 0 heterocycles. The first-order valence-electron chi connectivity index (χ1n) is 6.31. The Morgan fingerprint density at radius 1 is 1.50 bits per heavy atom. The number of hydrogen-bond donors (Lipinski definition) is 0. The second-order valence-corrected chi connectivity index (χ2v) is 5.82. The first-order valence-corrected chi connectivity index (χ1v) is 6.31. The SMILES string of the molecule is C=C1C(CC(=O)OCC)CC2CC1C2(C)C. The van der Waals surface area contributed by atoms with Gasteiger partial charge in [-0.05, 0) is 42.9 Å². The van der Waals surface area contributed by atoms with Crippen molar-refractivity contribution >= 4 is 5.97 Å². The summed E-state index contributed by atoms with van der Waals surface area (Å²) in [5.74, 6) is 1.72. The smallest absolute Gasteiger partial charge is 0.306 e. The van der Waals surface area contributed by atoms with Crippen molar-refractivity contribution in [1.29, 1.82) is 0 Å². The molecule has 3 saturated carbocycles. The summed E-state index contributed by atoms with van der Waals surface area (Å²) in [6.45, 7) is 11.2. The van der Waals surface area contributed by atoms with Gasteiger partial charge in [-0.15, -0.1) is 0 Å². The Morgan fingerprint density at radius 3 is 2.69 bits per heavy atom. The van der Waals surface area contributed by atoms with Crippen LogP contribution in [0.25, 0.3) is 0 Å². The molecule has 0 saturated heterocycles. The summed E-state index contributed by atoms with van der Waals surface area (Å²) in [7, 11) is 0. The number of hydrogen-bond acceptors (Lipinski definition) is 2. The van der Waals surface area contributed by atoms with Crippen molar-refractivity contribution in [3.05, 3.63) is 12.2 Å². The monoisotopic (exact) mass is 222 g/mol. The molecular weight excluding hydrogens is 200 g/mol. The zero-order chi connectivity index (χ0) is 11.9. The zero-order valence-electron chi connectivity index (χ0n) is 10.6. The van der Waals surface area contributed by atoms with Crippen molar-refractivity contribution in [2.75, 3.05) is 6.61 Å². The number of fused-ring (bicyclic) bond motifs is 2. The van der Waals surface area contributed by atoms with Crippen LogP contribution in [0.2, 0.25) is 0 Å². The Morgan fingerprint density at radius 2 is 2.19 bits per heavy atom. The van der Waals surface area contributed by atoms with Gasteiger partial charge in [0.15, 0.2) is 0 Å². The molecular formula is C14H22O2. The van der Waals surface area contributed by atoms with Gasteiger partial charge in [0.1, 0.15) is 0 Å². The molecule has 2 bridgehead atoms. The van der Waals surface area contributed by atoms with E-state index in [1.54, 1.807) is 0 Å². The van der Waals surface area contributed by atoms with E-state index in [1.165, 1.54) is 12.0 Å². The standard InChI is InChI=1S/C14H22O2/c1-5-16-13(15)7-10-6-11-8-12(9(10)2)14(11,3)4/h10-12H,2,5-8H2,1,3-4H3. The lowest BCUT2D eigenvalue weighted by molar-refractivity contribution is -0.145. The first-order chi connectivity index (χ1) is 7.46. The predicted octanol–water partition coefficient (Wildman–Crippen LogP) is 3.18. The van der Waals surface area contributed by atoms with Crippen molar-refractivity contribution in [2.24, 2.45) is 23.2 Å². The van der Waals surface area contributed by atoms with Crippen molar-refractivity contribution < 1.29 is 9.53 Å². The number of allylic oxidation sites excluding steroid dienone is 1. The molecule has 0 aliphatic heterocycles. The van der Waals surface area contributed by atoms with Crippen LogP contribution in [-0.4, -0.2) is 12.6 Å². The van der Waals surface area contributed by atoms with Gasteiger partial charge in [-0.25, -0.2) is 0 Å². The molecule has 2 nitrogen and oxygen atoms in total. The average Bonchev–Trinajstić information content (AvgIpc) is 2.20. The molecule has 90 valence electrons. The Bertz CT molecular complexity index is 317. The van der Waals surface area contributed by atoms with Crippen LogP contribution >= 0.6 is 0 Å². The normalized spacial score (nSPS) is 35.4. The summed E-state index contributed by atoms with van der Waals surface area (Å²) in [4.78, 5) is 11.5. The maximum atomic E-state index is 11.5. The van der Waals surface area contributed by atoms with Gasteiger partial charge >= 0.3 is 5.97 Å². The van der Waals surface area contributed by atoms with E-state index < -0.39 is 0 Å². The quantitative estimate of drug-likeness (QED) is 0.541. The molecule has 3 fully saturated rings. The van der Waals surface area contributed by atoms with E-state index in [0.717, 1.165) is 12.3 Å². The van der Waals surface area contributed by atoms with Crippen molar-refractivity contribution in [3.8, 4) is 0 Å². The van der Waals surface area contributed by atoms with Gasteiger partial charge in [-0.2, -0.15) is 0 Å². The van der Waals surface area contributed by atoms with E-state index in [9.17, 15) is 4.79 Å². The number of carbonyl (C=O) groups excluding carboxylic acids is 1. The largest absolute Gasteiger partial charge is 0.466 e. The summed E-state index contributed by atoms with van der Waals surface area (Å²) in [6, 6.07) is 0. The number of ether oxygens (including phenoxy) is 1. The third-order valence-corrected chi connectivity index (χ3v) is 4.73. The van der Waals surface area contributed by atoms with Gasteiger partial charge < -0.3 is 4.74 Å². The number of carbonyl (C=O) groups is 1. The maximum absolute atomic E-state index is 11.5. The van der Waals surface area contributed by atoms with E-state index in [0.29, 0.717) is 30.3 Å². The summed E-state index contributed by atoms with van der Waals surface area (Å²) < 4.78 is 5.01. The van der Waals surface area contributed by atoms with Gasteiger partial charge in [0.25, 0.3) is 0 Å². The summed E-state index contributed by atoms with van der Waals surface area (Å²) in [5.41, 5.74) is 1.71. The fourth-order valence-electron chi connectivity index (χ4n) is 3.46. The molecule has 3 unspecified atom stereocenters. The minimum atomic E-state index is -0.0623. The molecule has 3 aliphatic rings. The fraction of sp³-hybridized carbons (Fsp3) is 0.786. The van der Waals surface area contributed by atoms with Gasteiger partial charge in [0.2, 0.25) is 0 Å². The van der Waals surface area contributed by atoms with Gasteiger partial charge in [-0.3, -0.25) is 4.79 Å². The second kappa shape index (κ2) is 3.90. The van der Waals surface area contributed by atoms with E-state index in [-0.39, 0.29) is 5.97 Å². The Kier molecular flexibility index (Phi) is 2.85. The lowest BCUT2D eigenvalue weighted by Crippen LogP contribution is -2.52. The number of esters is 1. The maximum Gasteiger partial charge on any atom is 0.306 e. The molecule has 3 rings (SSSR count). The molecule has 0 radical (unpaired) electrons. The Hall–Kier alpha value is -0.790. The number of rotatable bonds is 3. The average molecular weight is 222 g/mol. The highest BCUT2D eigenvalue weighted by Crippen LogP contribution is 2.62. The van der Waals surface area contributed by atoms with Crippen LogP contribution in [0, 0.1) is 23.2 Å². The molecule has 2 heteroatoms. The molecule has 0 aromatic carbocycles. The van der Waals surface area contributed by atoms with Crippen molar-refractivity contribution in [3.63, 3.8) is 0 Å². The fourth-order valence-corrected chi connectivity index (χ4v) is 3.46. The molecule has 0 aromatic rings. The summed E-state index contributed by atoms with van der Waals surface area (Å²) >= 11 is 0. The summed E-state index contributed by atoms with van der Waals surface area (Å²) in [5, 5.41) is 0. The predicted molar refractivity (Wildman–Crippen MR) is 63.9 cm³/mol. The molecule has 0 aromatic heterocycles. The van der Waals surface area contributed by atoms with Crippen molar-refractivity contribution in [1.82, 2.24) is 0 Å². The zero-order valence-corrected chi connectivity index (χ0v) is 10.6.